The van der Waals surface area contributed by atoms with Gasteiger partial charge in [-0.3, -0.25) is 5.32 Å². The van der Waals surface area contributed by atoms with Gasteiger partial charge in [0.05, 0.1) is 6.04 Å². The van der Waals surface area contributed by atoms with Crippen LogP contribution in [0.3, 0.4) is 0 Å². The van der Waals surface area contributed by atoms with Crippen LogP contribution in [0, 0.1) is 41.4 Å². The quantitative estimate of drug-likeness (QED) is 0.441. The number of rotatable bonds is 6. The Balaban J connectivity index is 1.94. The average molecular weight is 472 g/mol. The molecule has 1 saturated heterocycles. The highest BCUT2D eigenvalue weighted by Crippen LogP contribution is 2.51. The predicted octanol–water partition coefficient (Wildman–Crippen LogP) is 6.38. The van der Waals surface area contributed by atoms with Crippen molar-refractivity contribution in [2.75, 3.05) is 6.61 Å². The summed E-state index contributed by atoms with van der Waals surface area (Å²) in [4.78, 5) is 0. The molecular weight excluding hydrogens is 432 g/mol. The van der Waals surface area contributed by atoms with Crippen molar-refractivity contribution in [3.8, 4) is 0 Å². The van der Waals surface area contributed by atoms with E-state index in [1.54, 1.807) is 0 Å². The van der Waals surface area contributed by atoms with Crippen molar-refractivity contribution in [1.29, 1.82) is 0 Å². The van der Waals surface area contributed by atoms with Gasteiger partial charge < -0.3 is 5.11 Å². The molecule has 8 heteroatoms. The van der Waals surface area contributed by atoms with Gasteiger partial charge in [0.15, 0.2) is 0 Å². The summed E-state index contributed by atoms with van der Waals surface area (Å²) in [6, 6.07) is -4.09. The third kappa shape index (κ3) is 5.59. The molecule has 3 fully saturated rings. The number of piperidine rings is 1. The first-order valence-electron chi connectivity index (χ1n) is 12.4. The zero-order valence-corrected chi connectivity index (χ0v) is 19.1. The topological polar surface area (TPSA) is 32.3 Å². The molecule has 0 radical (unpaired) electrons. The number of halogens is 6. The molecule has 32 heavy (non-hydrogen) atoms. The molecule has 2 nitrogen and oxygen atoms in total. The van der Waals surface area contributed by atoms with Crippen LogP contribution in [0.4, 0.5) is 26.3 Å². The fourth-order valence-corrected chi connectivity index (χ4v) is 7.02. The number of nitrogens with one attached hydrogen (secondary N) is 1. The summed E-state index contributed by atoms with van der Waals surface area (Å²) < 4.78 is 86.2. The van der Waals surface area contributed by atoms with E-state index >= 15 is 4.39 Å². The SMILES string of the molecule is CC(C)C1CCC(C(F)C2C(C3CCCCC3)C(CO)C(C(F)F)NC2C(F)(F)F)CC1. The second kappa shape index (κ2) is 10.8. The molecule has 1 aliphatic heterocycles. The van der Waals surface area contributed by atoms with Crippen LogP contribution >= 0.6 is 0 Å². The fourth-order valence-electron chi connectivity index (χ4n) is 7.02. The molecule has 6 atom stereocenters. The Hall–Kier alpha value is -0.500. The molecule has 2 N–H and O–H groups in total. The minimum atomic E-state index is -4.83. The van der Waals surface area contributed by atoms with Crippen molar-refractivity contribution in [1.82, 2.24) is 5.32 Å². The molecule has 2 aliphatic carbocycles. The van der Waals surface area contributed by atoms with E-state index in [0.717, 1.165) is 32.1 Å². The molecule has 188 valence electrons. The first-order valence-corrected chi connectivity index (χ1v) is 12.4. The van der Waals surface area contributed by atoms with Gasteiger partial charge in [0.2, 0.25) is 0 Å². The largest absolute Gasteiger partial charge is 0.404 e. The van der Waals surface area contributed by atoms with E-state index in [-0.39, 0.29) is 5.92 Å². The number of hydrogen-bond donors (Lipinski definition) is 2. The van der Waals surface area contributed by atoms with Crippen LogP contribution in [0.25, 0.3) is 0 Å². The summed E-state index contributed by atoms with van der Waals surface area (Å²) in [6.07, 6.45) is -3.15. The Morgan fingerprint density at radius 1 is 0.875 bits per heavy atom. The highest BCUT2D eigenvalue weighted by atomic mass is 19.4. The van der Waals surface area contributed by atoms with Crippen LogP contribution < -0.4 is 5.32 Å². The molecule has 3 rings (SSSR count). The molecule has 0 bridgehead atoms. The highest BCUT2D eigenvalue weighted by molar-refractivity contribution is 5.06. The number of aliphatic hydroxyl groups is 1. The standard InChI is InChI=1S/C24H39F6NO/c1-13(2)14-8-10-16(11-9-14)20(25)19-18(15-6-4-3-5-7-15)17(12-32)21(23(26)27)31-22(19)24(28,29)30/h13-23,31-32H,3-12H2,1-2H3. The third-order valence-electron chi connectivity index (χ3n) is 8.76. The zero-order chi connectivity index (χ0) is 23.6. The molecule has 0 amide bonds. The van der Waals surface area contributed by atoms with Crippen molar-refractivity contribution < 1.29 is 31.4 Å². The normalized spacial score (nSPS) is 38.9. The van der Waals surface area contributed by atoms with Crippen LogP contribution in [0.1, 0.15) is 71.6 Å². The predicted molar refractivity (Wildman–Crippen MR) is 112 cm³/mol. The molecule has 1 heterocycles. The van der Waals surface area contributed by atoms with E-state index in [4.69, 9.17) is 0 Å². The van der Waals surface area contributed by atoms with Crippen molar-refractivity contribution >= 4 is 0 Å². The lowest BCUT2D eigenvalue weighted by atomic mass is 9.59. The van der Waals surface area contributed by atoms with E-state index in [0.29, 0.717) is 37.5 Å². The zero-order valence-electron chi connectivity index (χ0n) is 19.1. The van der Waals surface area contributed by atoms with Gasteiger partial charge in [-0.25, -0.2) is 13.2 Å². The Kier molecular flexibility index (Phi) is 8.84. The maximum atomic E-state index is 16.1. The molecule has 0 aromatic carbocycles. The number of alkyl halides is 6. The second-order valence-electron chi connectivity index (χ2n) is 10.8. The van der Waals surface area contributed by atoms with Crippen LogP contribution in [-0.4, -0.2) is 42.6 Å². The lowest BCUT2D eigenvalue weighted by Crippen LogP contribution is -2.68. The Morgan fingerprint density at radius 2 is 1.44 bits per heavy atom. The van der Waals surface area contributed by atoms with Crippen molar-refractivity contribution in [3.05, 3.63) is 0 Å². The number of aliphatic hydroxyl groups excluding tert-OH is 1. The summed E-state index contributed by atoms with van der Waals surface area (Å²) >= 11 is 0. The second-order valence-corrected chi connectivity index (χ2v) is 10.8. The Bertz CT molecular complexity index is 571. The van der Waals surface area contributed by atoms with Gasteiger partial charge in [0, 0.05) is 18.4 Å². The average Bonchev–Trinajstić information content (AvgIpc) is 2.77. The minimum Gasteiger partial charge on any atom is -0.396 e. The van der Waals surface area contributed by atoms with Gasteiger partial charge in [0.25, 0.3) is 6.43 Å². The Morgan fingerprint density at radius 3 is 1.91 bits per heavy atom. The lowest BCUT2D eigenvalue weighted by Gasteiger charge is -2.53. The van der Waals surface area contributed by atoms with E-state index in [1.807, 2.05) is 0 Å². The fraction of sp³-hybridized carbons (Fsp3) is 1.00. The van der Waals surface area contributed by atoms with E-state index in [1.165, 1.54) is 0 Å². The van der Waals surface area contributed by atoms with Gasteiger partial charge in [-0.2, -0.15) is 13.2 Å². The highest BCUT2D eigenvalue weighted by Gasteiger charge is 2.60. The third-order valence-corrected chi connectivity index (χ3v) is 8.76. The van der Waals surface area contributed by atoms with E-state index in [2.05, 4.69) is 19.2 Å². The molecule has 0 aromatic rings. The molecule has 2 saturated carbocycles. The number of hydrogen-bond acceptors (Lipinski definition) is 2. The lowest BCUT2D eigenvalue weighted by molar-refractivity contribution is -0.213. The first kappa shape index (κ1) is 26.1. The summed E-state index contributed by atoms with van der Waals surface area (Å²) in [5, 5.41) is 12.1. The van der Waals surface area contributed by atoms with Crippen molar-refractivity contribution in [3.63, 3.8) is 0 Å². The molecule has 0 aromatic heterocycles. The summed E-state index contributed by atoms with van der Waals surface area (Å²) in [5.74, 6) is -3.26. The van der Waals surface area contributed by atoms with Crippen LogP contribution in [0.15, 0.2) is 0 Å². The Labute approximate surface area is 187 Å². The summed E-state index contributed by atoms with van der Waals surface area (Å²) in [6.45, 7) is 3.56. The summed E-state index contributed by atoms with van der Waals surface area (Å²) in [5.41, 5.74) is 0. The van der Waals surface area contributed by atoms with Crippen LogP contribution in [0.2, 0.25) is 0 Å². The maximum absolute atomic E-state index is 16.1. The van der Waals surface area contributed by atoms with E-state index < -0.39 is 61.1 Å². The van der Waals surface area contributed by atoms with Gasteiger partial charge in [-0.1, -0.05) is 46.0 Å². The van der Waals surface area contributed by atoms with Gasteiger partial charge in [0.1, 0.15) is 12.2 Å². The van der Waals surface area contributed by atoms with E-state index in [9.17, 15) is 27.1 Å². The first-order chi connectivity index (χ1) is 15.1. The van der Waals surface area contributed by atoms with Crippen LogP contribution in [-0.2, 0) is 0 Å². The van der Waals surface area contributed by atoms with Gasteiger partial charge >= 0.3 is 6.18 Å². The van der Waals surface area contributed by atoms with Gasteiger partial charge in [-0.15, -0.1) is 0 Å². The van der Waals surface area contributed by atoms with Gasteiger partial charge in [-0.05, 0) is 55.3 Å². The summed E-state index contributed by atoms with van der Waals surface area (Å²) in [7, 11) is 0. The monoisotopic (exact) mass is 471 g/mol. The molecular formula is C24H39F6NO. The van der Waals surface area contributed by atoms with Crippen molar-refractivity contribution in [2.45, 2.75) is 102 Å². The molecule has 0 spiro atoms. The molecule has 6 unspecified atom stereocenters. The molecule has 3 aliphatic rings. The van der Waals surface area contributed by atoms with Crippen LogP contribution in [0.5, 0.6) is 0 Å². The maximum Gasteiger partial charge on any atom is 0.404 e. The smallest absolute Gasteiger partial charge is 0.396 e. The van der Waals surface area contributed by atoms with Crippen molar-refractivity contribution in [2.24, 2.45) is 41.4 Å². The minimum absolute atomic E-state index is 0.260.